The molecule has 1 N–H and O–H groups in total. The molecule has 1 aromatic carbocycles. The van der Waals surface area contributed by atoms with Gasteiger partial charge in [-0.1, -0.05) is 45.0 Å². The molecule has 1 atom stereocenters. The van der Waals surface area contributed by atoms with Gasteiger partial charge in [0, 0.05) is 36.4 Å². The lowest BCUT2D eigenvalue weighted by molar-refractivity contribution is -0.140. The summed E-state index contributed by atoms with van der Waals surface area (Å²) in [6.45, 7) is 8.72. The van der Waals surface area contributed by atoms with Crippen LogP contribution in [0.1, 0.15) is 57.6 Å². The molecular formula is C24H31NO4. The minimum atomic E-state index is -0.407. The third-order valence-corrected chi connectivity index (χ3v) is 5.70. The molecule has 0 aromatic heterocycles. The number of ether oxygens (including phenoxy) is 2. The predicted molar refractivity (Wildman–Crippen MR) is 112 cm³/mol. The summed E-state index contributed by atoms with van der Waals surface area (Å²) in [6, 6.07) is 8.19. The van der Waals surface area contributed by atoms with Crippen LogP contribution in [-0.4, -0.2) is 32.1 Å². The maximum absolute atomic E-state index is 13.2. The number of carbonyl (C=O) groups is 2. The summed E-state index contributed by atoms with van der Waals surface area (Å²) in [5.74, 6) is -0.709. The number of allylic oxidation sites excluding steroid dienone is 3. The van der Waals surface area contributed by atoms with Crippen LogP contribution in [0.2, 0.25) is 0 Å². The first-order valence-electron chi connectivity index (χ1n) is 10.3. The number of aryl methyl sites for hydroxylation is 1. The standard InChI is InChI=1S/C24H31NO4/c1-6-16-7-9-17(10-8-16)21-20(23(27)29-12-11-28-5)15(2)25-18-13-24(3,4)14-19(26)22(18)21/h7-10,21,25H,6,11-14H2,1-5H3/t21-/m1/s1. The molecule has 3 rings (SSSR count). The van der Waals surface area contributed by atoms with Crippen molar-refractivity contribution in [3.8, 4) is 0 Å². The zero-order valence-electron chi connectivity index (χ0n) is 18.1. The van der Waals surface area contributed by atoms with Gasteiger partial charge in [-0.2, -0.15) is 0 Å². The van der Waals surface area contributed by atoms with E-state index >= 15 is 0 Å². The second-order valence-electron chi connectivity index (χ2n) is 8.65. The summed E-state index contributed by atoms with van der Waals surface area (Å²) in [4.78, 5) is 26.2. The number of rotatable bonds is 6. The maximum Gasteiger partial charge on any atom is 0.336 e. The molecule has 0 spiro atoms. The molecule has 0 fully saturated rings. The van der Waals surface area contributed by atoms with Crippen LogP contribution in [0.3, 0.4) is 0 Å². The fourth-order valence-corrected chi connectivity index (χ4v) is 4.28. The topological polar surface area (TPSA) is 64.6 Å². The van der Waals surface area contributed by atoms with E-state index in [0.29, 0.717) is 24.2 Å². The van der Waals surface area contributed by atoms with Crippen LogP contribution in [0.25, 0.3) is 0 Å². The lowest BCUT2D eigenvalue weighted by Crippen LogP contribution is -2.38. The van der Waals surface area contributed by atoms with Crippen molar-refractivity contribution in [3.63, 3.8) is 0 Å². The monoisotopic (exact) mass is 397 g/mol. The zero-order valence-corrected chi connectivity index (χ0v) is 18.1. The molecule has 29 heavy (non-hydrogen) atoms. The summed E-state index contributed by atoms with van der Waals surface area (Å²) >= 11 is 0. The Balaban J connectivity index is 2.07. The third-order valence-electron chi connectivity index (χ3n) is 5.70. The number of nitrogens with one attached hydrogen (secondary N) is 1. The Bertz CT molecular complexity index is 861. The van der Waals surface area contributed by atoms with Gasteiger partial charge in [0.1, 0.15) is 6.61 Å². The molecule has 0 saturated heterocycles. The Morgan fingerprint density at radius 1 is 1.17 bits per heavy atom. The average molecular weight is 398 g/mol. The SMILES string of the molecule is CCc1ccc([C@@H]2C(C(=O)OCCOC)=C(C)NC3=C2C(=O)CC(C)(C)C3)cc1. The van der Waals surface area contributed by atoms with Crippen molar-refractivity contribution in [1.82, 2.24) is 5.32 Å². The van der Waals surface area contributed by atoms with Gasteiger partial charge in [0.2, 0.25) is 0 Å². The van der Waals surface area contributed by atoms with E-state index in [4.69, 9.17) is 9.47 Å². The van der Waals surface area contributed by atoms with Crippen molar-refractivity contribution in [2.24, 2.45) is 5.41 Å². The molecule has 156 valence electrons. The van der Waals surface area contributed by atoms with Crippen LogP contribution >= 0.6 is 0 Å². The van der Waals surface area contributed by atoms with Crippen molar-refractivity contribution < 1.29 is 19.1 Å². The lowest BCUT2D eigenvalue weighted by atomic mass is 9.68. The molecule has 0 saturated carbocycles. The first-order valence-corrected chi connectivity index (χ1v) is 10.3. The molecule has 1 heterocycles. The van der Waals surface area contributed by atoms with Crippen molar-refractivity contribution in [2.75, 3.05) is 20.3 Å². The highest BCUT2D eigenvalue weighted by Gasteiger charge is 2.43. The fourth-order valence-electron chi connectivity index (χ4n) is 4.28. The van der Waals surface area contributed by atoms with Crippen molar-refractivity contribution in [1.29, 1.82) is 0 Å². The van der Waals surface area contributed by atoms with Crippen LogP contribution in [0.4, 0.5) is 0 Å². The van der Waals surface area contributed by atoms with Gasteiger partial charge in [0.05, 0.1) is 12.2 Å². The summed E-state index contributed by atoms with van der Waals surface area (Å²) in [7, 11) is 1.57. The number of Topliss-reactive ketones (excluding diaryl/α,β-unsaturated/α-hetero) is 1. The molecule has 1 aliphatic heterocycles. The Kier molecular flexibility index (Phi) is 6.27. The maximum atomic E-state index is 13.2. The highest BCUT2D eigenvalue weighted by Crippen LogP contribution is 2.46. The molecule has 1 aromatic rings. The van der Waals surface area contributed by atoms with Gasteiger partial charge in [-0.05, 0) is 36.3 Å². The minimum absolute atomic E-state index is 0.100. The largest absolute Gasteiger partial charge is 0.460 e. The number of benzene rings is 1. The average Bonchev–Trinajstić information content (AvgIpc) is 2.66. The quantitative estimate of drug-likeness (QED) is 0.580. The summed E-state index contributed by atoms with van der Waals surface area (Å²) < 4.78 is 10.4. The van der Waals surface area contributed by atoms with E-state index in [2.05, 4.69) is 38.2 Å². The molecule has 0 radical (unpaired) electrons. The van der Waals surface area contributed by atoms with Gasteiger partial charge in [-0.3, -0.25) is 4.79 Å². The number of hydrogen-bond acceptors (Lipinski definition) is 5. The van der Waals surface area contributed by atoms with E-state index in [1.807, 2.05) is 19.1 Å². The van der Waals surface area contributed by atoms with Crippen LogP contribution < -0.4 is 5.32 Å². The molecule has 0 unspecified atom stereocenters. The van der Waals surface area contributed by atoms with Gasteiger partial charge < -0.3 is 14.8 Å². The van der Waals surface area contributed by atoms with Gasteiger partial charge in [-0.15, -0.1) is 0 Å². The summed E-state index contributed by atoms with van der Waals surface area (Å²) in [5.41, 5.74) is 4.97. The van der Waals surface area contributed by atoms with Crippen molar-refractivity contribution >= 4 is 11.8 Å². The predicted octanol–water partition coefficient (Wildman–Crippen LogP) is 4.04. The number of esters is 1. The van der Waals surface area contributed by atoms with E-state index in [0.717, 1.165) is 29.8 Å². The molecule has 1 aliphatic carbocycles. The first-order chi connectivity index (χ1) is 13.8. The Morgan fingerprint density at radius 2 is 1.86 bits per heavy atom. The normalized spacial score (nSPS) is 21.0. The minimum Gasteiger partial charge on any atom is -0.460 e. The van der Waals surface area contributed by atoms with E-state index in [1.165, 1.54) is 5.56 Å². The zero-order chi connectivity index (χ0) is 21.2. The molecule has 0 bridgehead atoms. The number of ketones is 1. The highest BCUT2D eigenvalue weighted by molar-refractivity contribution is 6.04. The van der Waals surface area contributed by atoms with E-state index in [9.17, 15) is 9.59 Å². The third kappa shape index (κ3) is 4.45. The van der Waals surface area contributed by atoms with Gasteiger partial charge >= 0.3 is 5.97 Å². The molecule has 2 aliphatic rings. The first kappa shape index (κ1) is 21.3. The number of dihydropyridines is 1. The number of hydrogen-bond donors (Lipinski definition) is 1. The smallest absolute Gasteiger partial charge is 0.336 e. The van der Waals surface area contributed by atoms with Gasteiger partial charge in [0.25, 0.3) is 0 Å². The fraction of sp³-hybridized carbons (Fsp3) is 0.500. The number of methoxy groups -OCH3 is 1. The molecule has 5 heteroatoms. The van der Waals surface area contributed by atoms with Crippen LogP contribution in [0.5, 0.6) is 0 Å². The second kappa shape index (κ2) is 8.54. The summed E-state index contributed by atoms with van der Waals surface area (Å²) in [6.07, 6.45) is 2.19. The van der Waals surface area contributed by atoms with E-state index < -0.39 is 11.9 Å². The lowest BCUT2D eigenvalue weighted by Gasteiger charge is -2.39. The van der Waals surface area contributed by atoms with Crippen molar-refractivity contribution in [3.05, 3.63) is 57.9 Å². The van der Waals surface area contributed by atoms with Crippen molar-refractivity contribution in [2.45, 2.75) is 52.9 Å². The Hall–Kier alpha value is -2.40. The van der Waals surface area contributed by atoms with Crippen LogP contribution in [-0.2, 0) is 25.5 Å². The van der Waals surface area contributed by atoms with E-state index in [-0.39, 0.29) is 17.8 Å². The second-order valence-corrected chi connectivity index (χ2v) is 8.65. The van der Waals surface area contributed by atoms with E-state index in [1.54, 1.807) is 7.11 Å². The molecule has 0 amide bonds. The Labute approximate surface area is 173 Å². The van der Waals surface area contributed by atoms with Gasteiger partial charge in [0.15, 0.2) is 5.78 Å². The highest BCUT2D eigenvalue weighted by atomic mass is 16.6. The molecule has 5 nitrogen and oxygen atoms in total. The number of carbonyl (C=O) groups excluding carboxylic acids is 2. The van der Waals surface area contributed by atoms with Gasteiger partial charge in [-0.25, -0.2) is 4.79 Å². The molecular weight excluding hydrogens is 366 g/mol. The summed E-state index contributed by atoms with van der Waals surface area (Å²) in [5, 5.41) is 3.35. The van der Waals surface area contributed by atoms with Crippen LogP contribution in [0.15, 0.2) is 46.8 Å². The Morgan fingerprint density at radius 3 is 2.48 bits per heavy atom. The van der Waals surface area contributed by atoms with Crippen LogP contribution in [0, 0.1) is 5.41 Å².